The fourth-order valence-corrected chi connectivity index (χ4v) is 7.42. The first-order valence-electron chi connectivity index (χ1n) is 18.4. The minimum absolute atomic E-state index is 0. The van der Waals surface area contributed by atoms with E-state index in [1.54, 1.807) is 0 Å². The zero-order valence-electron chi connectivity index (χ0n) is 31.8. The van der Waals surface area contributed by atoms with Crippen molar-refractivity contribution >= 4 is 21.8 Å². The summed E-state index contributed by atoms with van der Waals surface area (Å²) in [5.41, 5.74) is 13.8. The predicted molar refractivity (Wildman–Crippen MR) is 211 cm³/mol. The first-order valence-corrected chi connectivity index (χ1v) is 18.4. The van der Waals surface area contributed by atoms with E-state index in [9.17, 15) is 0 Å². The number of fused-ring (bicyclic) bond motifs is 3. The largest absolute Gasteiger partial charge is 2.00 e. The number of hydrogen-bond acceptors (Lipinski definition) is 3. The summed E-state index contributed by atoms with van der Waals surface area (Å²) >= 11 is 0. The van der Waals surface area contributed by atoms with E-state index in [-0.39, 0.29) is 26.3 Å². The molecule has 0 radical (unpaired) electrons. The molecule has 52 heavy (non-hydrogen) atoms. The van der Waals surface area contributed by atoms with E-state index in [0.29, 0.717) is 17.4 Å². The Hall–Kier alpha value is -4.50. The number of para-hydroxylation sites is 1. The van der Waals surface area contributed by atoms with Crippen LogP contribution in [-0.4, -0.2) is 19.3 Å². The van der Waals surface area contributed by atoms with Crippen molar-refractivity contribution in [1.29, 1.82) is 0 Å². The number of ether oxygens (including phenoxy) is 1. The summed E-state index contributed by atoms with van der Waals surface area (Å²) in [5, 5.41) is 7.37. The Morgan fingerprint density at radius 1 is 0.750 bits per heavy atom. The Morgan fingerprint density at radius 2 is 1.46 bits per heavy atom. The number of aryl methyl sites for hydroxylation is 4. The maximum atomic E-state index is 6.65. The summed E-state index contributed by atoms with van der Waals surface area (Å²) in [5.74, 6) is 2.92. The van der Waals surface area contributed by atoms with Gasteiger partial charge in [-0.1, -0.05) is 76.9 Å². The molecule has 3 aromatic heterocycles. The van der Waals surface area contributed by atoms with Gasteiger partial charge in [0, 0.05) is 34.5 Å². The summed E-state index contributed by atoms with van der Waals surface area (Å²) in [6.07, 6.45) is 5.26. The number of unbranched alkanes of at least 4 members (excludes halogenated alkanes) is 1. The van der Waals surface area contributed by atoms with Crippen LogP contribution in [0, 0.1) is 39.8 Å². The van der Waals surface area contributed by atoms with Crippen LogP contribution in [0.25, 0.3) is 44.4 Å². The van der Waals surface area contributed by atoms with E-state index in [1.807, 2.05) is 16.9 Å². The second-order valence-electron chi connectivity index (χ2n) is 14.6. The summed E-state index contributed by atoms with van der Waals surface area (Å²) in [7, 11) is 0. The first kappa shape index (κ1) is 37.3. The topological polar surface area (TPSA) is 44.9 Å². The van der Waals surface area contributed by atoms with Crippen molar-refractivity contribution in [2.45, 2.75) is 93.4 Å². The standard InChI is InChI=1S/C46H48N4O.Pd/c1-10-11-14-34-19-20-47-44(23-34)49-42-16-13-12-15-40(42)41-18-17-38(27-43(41)49)51-39-25-36(29(4)5)24-37(26-39)50-33(9)46(32(8)48-50)45-30(6)21-35(28(2)3)22-31(45)7;/h12-13,15-25,28-29H,10-11,14H2,1-9H3;/q-2;+2. The normalized spacial score (nSPS) is 11.6. The Morgan fingerprint density at radius 3 is 2.17 bits per heavy atom. The Labute approximate surface area is 322 Å². The Balaban J connectivity index is 0.00000464. The van der Waals surface area contributed by atoms with Crippen LogP contribution < -0.4 is 4.74 Å². The molecule has 0 saturated heterocycles. The minimum Gasteiger partial charge on any atom is -0.509 e. The zero-order chi connectivity index (χ0) is 36.0. The van der Waals surface area contributed by atoms with E-state index >= 15 is 0 Å². The molecule has 4 aromatic carbocycles. The van der Waals surface area contributed by atoms with Crippen LogP contribution in [-0.2, 0) is 26.8 Å². The van der Waals surface area contributed by atoms with Gasteiger partial charge >= 0.3 is 20.4 Å². The molecule has 3 heterocycles. The molecule has 0 saturated carbocycles. The molecule has 7 rings (SSSR count). The first-order chi connectivity index (χ1) is 24.5. The predicted octanol–water partition coefficient (Wildman–Crippen LogP) is 12.2. The maximum Gasteiger partial charge on any atom is 2.00 e. The maximum absolute atomic E-state index is 6.65. The van der Waals surface area contributed by atoms with Gasteiger partial charge in [-0.2, -0.15) is 11.2 Å². The average molecular weight is 779 g/mol. The van der Waals surface area contributed by atoms with Gasteiger partial charge in [0.25, 0.3) is 0 Å². The molecule has 0 aliphatic heterocycles. The number of rotatable bonds is 10. The Bertz CT molecular complexity index is 2370. The molecule has 0 N–H and O–H groups in total. The summed E-state index contributed by atoms with van der Waals surface area (Å²) in [6, 6.07) is 33.1. The van der Waals surface area contributed by atoms with Gasteiger partial charge in [-0.3, -0.25) is 4.68 Å². The molecular weight excluding hydrogens is 731 g/mol. The molecule has 0 spiro atoms. The van der Waals surface area contributed by atoms with E-state index in [1.165, 1.54) is 33.4 Å². The van der Waals surface area contributed by atoms with Crippen LogP contribution in [0.4, 0.5) is 0 Å². The van der Waals surface area contributed by atoms with E-state index in [2.05, 4.69) is 146 Å². The van der Waals surface area contributed by atoms with Crippen molar-refractivity contribution in [3.05, 3.63) is 130 Å². The molecule has 0 amide bonds. The van der Waals surface area contributed by atoms with E-state index in [0.717, 1.165) is 69.5 Å². The molecule has 7 aromatic rings. The van der Waals surface area contributed by atoms with Gasteiger partial charge < -0.3 is 9.30 Å². The van der Waals surface area contributed by atoms with Gasteiger partial charge in [-0.25, -0.2) is 4.98 Å². The second kappa shape index (κ2) is 15.2. The number of benzene rings is 4. The fourth-order valence-electron chi connectivity index (χ4n) is 7.42. The molecule has 6 heteroatoms. The monoisotopic (exact) mass is 778 g/mol. The Kier molecular flexibility index (Phi) is 10.9. The van der Waals surface area contributed by atoms with Crippen LogP contribution in [0.2, 0.25) is 0 Å². The molecule has 0 aliphatic rings. The smallest absolute Gasteiger partial charge is 0.509 e. The SMILES string of the molecule is CCCCc1ccnc(-n2c3[c-]c(Oc4[c-]c(-n5nc(C)c(-c6c(C)cc(C(C)C)cc6C)c5C)cc(C(C)C)c4)ccc3c3ccccc32)c1.[Pd+2]. The van der Waals surface area contributed by atoms with Gasteiger partial charge in [-0.15, -0.1) is 41.3 Å². The van der Waals surface area contributed by atoms with Crippen molar-refractivity contribution in [1.82, 2.24) is 19.3 Å². The van der Waals surface area contributed by atoms with E-state index in [4.69, 9.17) is 14.8 Å². The number of hydrogen-bond donors (Lipinski definition) is 0. The molecule has 0 unspecified atom stereocenters. The molecule has 268 valence electrons. The average Bonchev–Trinajstić information content (AvgIpc) is 3.59. The third-order valence-electron chi connectivity index (χ3n) is 10.1. The van der Waals surface area contributed by atoms with E-state index < -0.39 is 0 Å². The number of nitrogens with zero attached hydrogens (tertiary/aromatic N) is 4. The molecular formula is C46H48N4OPd. The zero-order valence-corrected chi connectivity index (χ0v) is 33.3. The van der Waals surface area contributed by atoms with Crippen LogP contribution >= 0.6 is 0 Å². The summed E-state index contributed by atoms with van der Waals surface area (Å²) in [6.45, 7) is 19.8. The van der Waals surface area contributed by atoms with Crippen LogP contribution in [0.5, 0.6) is 11.5 Å². The van der Waals surface area contributed by atoms with Crippen LogP contribution in [0.15, 0.2) is 79.0 Å². The van der Waals surface area contributed by atoms with Gasteiger partial charge in [0.15, 0.2) is 0 Å². The third-order valence-corrected chi connectivity index (χ3v) is 10.1. The minimum atomic E-state index is 0. The van der Waals surface area contributed by atoms with Gasteiger partial charge in [0.05, 0.1) is 5.69 Å². The van der Waals surface area contributed by atoms with Crippen LogP contribution in [0.3, 0.4) is 0 Å². The van der Waals surface area contributed by atoms with Gasteiger partial charge in [0.1, 0.15) is 5.82 Å². The molecule has 0 fully saturated rings. The van der Waals surface area contributed by atoms with Crippen molar-refractivity contribution < 1.29 is 25.2 Å². The van der Waals surface area contributed by atoms with Crippen molar-refractivity contribution in [3.63, 3.8) is 0 Å². The molecule has 0 aliphatic carbocycles. The summed E-state index contributed by atoms with van der Waals surface area (Å²) in [4.78, 5) is 4.83. The second-order valence-corrected chi connectivity index (χ2v) is 14.6. The van der Waals surface area contributed by atoms with Crippen molar-refractivity contribution in [3.8, 4) is 34.1 Å². The van der Waals surface area contributed by atoms with Gasteiger partial charge in [0.2, 0.25) is 0 Å². The number of aromatic nitrogens is 4. The van der Waals surface area contributed by atoms with Crippen molar-refractivity contribution in [2.24, 2.45) is 0 Å². The number of pyridine rings is 1. The fraction of sp³-hybridized carbons (Fsp3) is 0.304. The van der Waals surface area contributed by atoms with Crippen LogP contribution in [0.1, 0.15) is 98.5 Å². The molecule has 0 atom stereocenters. The van der Waals surface area contributed by atoms with Gasteiger partial charge in [-0.05, 0) is 109 Å². The quantitative estimate of drug-likeness (QED) is 0.103. The third kappa shape index (κ3) is 7.00. The molecule has 0 bridgehead atoms. The summed E-state index contributed by atoms with van der Waals surface area (Å²) < 4.78 is 10.9. The van der Waals surface area contributed by atoms with Crippen molar-refractivity contribution in [2.75, 3.05) is 0 Å². The molecule has 5 nitrogen and oxygen atoms in total.